The lowest BCUT2D eigenvalue weighted by molar-refractivity contribution is -0.127. The molecule has 0 radical (unpaired) electrons. The second kappa shape index (κ2) is 10.5. The van der Waals surface area contributed by atoms with E-state index in [0.717, 1.165) is 11.1 Å². The number of hydrogen-bond donors (Lipinski definition) is 1. The third-order valence-corrected chi connectivity index (χ3v) is 6.15. The van der Waals surface area contributed by atoms with Crippen molar-refractivity contribution < 1.29 is 18.4 Å². The number of nitrogens with one attached hydrogen (secondary N) is 1. The van der Waals surface area contributed by atoms with Crippen molar-refractivity contribution in [1.29, 1.82) is 0 Å². The van der Waals surface area contributed by atoms with Crippen molar-refractivity contribution in [3.8, 4) is 0 Å². The number of para-hydroxylation sites is 1. The zero-order valence-electron chi connectivity index (χ0n) is 20.6. The molecule has 3 aromatic heterocycles. The van der Waals surface area contributed by atoms with E-state index in [0.29, 0.717) is 28.6 Å². The third-order valence-electron chi connectivity index (χ3n) is 6.15. The quantitative estimate of drug-likeness (QED) is 0.313. The van der Waals surface area contributed by atoms with Crippen LogP contribution in [0.4, 0.5) is 5.69 Å². The van der Waals surface area contributed by atoms with Crippen molar-refractivity contribution in [3.05, 3.63) is 102 Å². The molecule has 0 saturated carbocycles. The maximum absolute atomic E-state index is 13.9. The molecule has 0 aliphatic heterocycles. The van der Waals surface area contributed by atoms with Crippen molar-refractivity contribution in [1.82, 2.24) is 20.3 Å². The molecule has 0 aliphatic rings. The molecule has 0 aliphatic carbocycles. The van der Waals surface area contributed by atoms with Gasteiger partial charge in [0.2, 0.25) is 5.91 Å². The number of nitrogens with zero attached hydrogens (tertiary/aromatic N) is 4. The molecule has 0 fully saturated rings. The van der Waals surface area contributed by atoms with Gasteiger partial charge in [0.15, 0.2) is 6.04 Å². The first-order valence-corrected chi connectivity index (χ1v) is 12.0. The number of carbonyl (C=O) groups excluding carboxylic acids is 2. The number of anilines is 1. The van der Waals surface area contributed by atoms with E-state index in [1.165, 1.54) is 15.8 Å². The van der Waals surface area contributed by atoms with Gasteiger partial charge in [0.25, 0.3) is 5.91 Å². The lowest BCUT2D eigenvalue weighted by Gasteiger charge is -2.30. The van der Waals surface area contributed by atoms with Gasteiger partial charge in [0.05, 0.1) is 24.6 Å². The fourth-order valence-electron chi connectivity index (χ4n) is 4.20. The Morgan fingerprint density at radius 2 is 1.70 bits per heavy atom. The van der Waals surface area contributed by atoms with Crippen molar-refractivity contribution >= 4 is 28.5 Å². The first kappa shape index (κ1) is 24.1. The van der Waals surface area contributed by atoms with Crippen LogP contribution in [-0.2, 0) is 22.7 Å². The van der Waals surface area contributed by atoms with Crippen molar-refractivity contribution in [2.24, 2.45) is 0 Å². The molecule has 2 aromatic carbocycles. The SMILES string of the molecule is CC(C)c1ccc(N(C(=O)Cn2nnc3ccccc32)[C@@H](C(=O)NCc2ccco2)c2ccco2)cc1. The van der Waals surface area contributed by atoms with Crippen molar-refractivity contribution in [3.63, 3.8) is 0 Å². The molecule has 188 valence electrons. The number of furan rings is 2. The summed E-state index contributed by atoms with van der Waals surface area (Å²) in [4.78, 5) is 29.0. The van der Waals surface area contributed by atoms with Gasteiger partial charge >= 0.3 is 0 Å². The summed E-state index contributed by atoms with van der Waals surface area (Å²) in [7, 11) is 0. The normalized spacial score (nSPS) is 12.1. The minimum Gasteiger partial charge on any atom is -0.467 e. The maximum atomic E-state index is 13.9. The van der Waals surface area contributed by atoms with E-state index in [1.54, 1.807) is 30.5 Å². The molecule has 0 saturated heterocycles. The van der Waals surface area contributed by atoms with Gasteiger partial charge in [-0.25, -0.2) is 4.68 Å². The number of hydrogen-bond acceptors (Lipinski definition) is 6. The number of amides is 2. The molecule has 5 rings (SSSR count). The van der Waals surface area contributed by atoms with Crippen molar-refractivity contribution in [2.45, 2.75) is 38.9 Å². The number of benzene rings is 2. The number of carbonyl (C=O) groups is 2. The largest absolute Gasteiger partial charge is 0.467 e. The lowest BCUT2D eigenvalue weighted by Crippen LogP contribution is -2.45. The Bertz CT molecular complexity index is 1470. The van der Waals surface area contributed by atoms with Crippen LogP contribution in [0.15, 0.2) is 94.2 Å². The average Bonchev–Trinajstić information content (AvgIpc) is 3.69. The first-order chi connectivity index (χ1) is 18.0. The second-order valence-corrected chi connectivity index (χ2v) is 8.96. The van der Waals surface area contributed by atoms with Crippen LogP contribution < -0.4 is 10.2 Å². The third kappa shape index (κ3) is 5.16. The molecule has 0 bridgehead atoms. The Labute approximate surface area is 213 Å². The Balaban J connectivity index is 1.53. The standard InChI is InChI=1S/C28H27N5O4/c1-19(2)20-11-13-21(14-12-20)33(26(34)18-32-24-9-4-3-8-23(24)30-31-32)27(25-10-6-16-37-25)28(35)29-17-22-7-5-15-36-22/h3-16,19,27H,17-18H2,1-2H3,(H,29,35)/t27-/m1/s1. The van der Waals surface area contributed by atoms with Gasteiger partial charge in [-0.05, 0) is 60.0 Å². The van der Waals surface area contributed by atoms with Gasteiger partial charge < -0.3 is 14.2 Å². The van der Waals surface area contributed by atoms with Gasteiger partial charge in [-0.2, -0.15) is 0 Å². The van der Waals surface area contributed by atoms with E-state index in [2.05, 4.69) is 29.5 Å². The summed E-state index contributed by atoms with van der Waals surface area (Å²) in [6.07, 6.45) is 3.03. The Morgan fingerprint density at radius 3 is 2.41 bits per heavy atom. The maximum Gasteiger partial charge on any atom is 0.251 e. The monoisotopic (exact) mass is 497 g/mol. The highest BCUT2D eigenvalue weighted by Crippen LogP contribution is 2.30. The summed E-state index contributed by atoms with van der Waals surface area (Å²) < 4.78 is 12.6. The zero-order chi connectivity index (χ0) is 25.8. The summed E-state index contributed by atoms with van der Waals surface area (Å²) in [5.74, 6) is 0.497. The van der Waals surface area contributed by atoms with E-state index in [9.17, 15) is 9.59 Å². The predicted molar refractivity (Wildman–Crippen MR) is 138 cm³/mol. The molecule has 2 amide bonds. The second-order valence-electron chi connectivity index (χ2n) is 8.96. The number of aromatic nitrogens is 3. The zero-order valence-corrected chi connectivity index (χ0v) is 20.6. The fraction of sp³-hybridized carbons (Fsp3) is 0.214. The van der Waals surface area contributed by atoms with E-state index in [-0.39, 0.29) is 19.0 Å². The minimum atomic E-state index is -1.06. The van der Waals surface area contributed by atoms with Crippen molar-refractivity contribution in [2.75, 3.05) is 4.90 Å². The molecular formula is C28H27N5O4. The Kier molecular flexibility index (Phi) is 6.85. The fourth-order valence-corrected chi connectivity index (χ4v) is 4.20. The van der Waals surface area contributed by atoms with E-state index in [1.807, 2.05) is 48.5 Å². The van der Waals surface area contributed by atoms with Crippen LogP contribution >= 0.6 is 0 Å². The highest BCUT2D eigenvalue weighted by Gasteiger charge is 2.35. The lowest BCUT2D eigenvalue weighted by atomic mass is 10.0. The topological polar surface area (TPSA) is 106 Å². The van der Waals surface area contributed by atoms with Gasteiger partial charge in [-0.3, -0.25) is 14.5 Å². The molecular weight excluding hydrogens is 470 g/mol. The summed E-state index contributed by atoms with van der Waals surface area (Å²) in [5, 5.41) is 11.2. The van der Waals surface area contributed by atoms with E-state index in [4.69, 9.17) is 8.83 Å². The van der Waals surface area contributed by atoms with Gasteiger partial charge in [-0.1, -0.05) is 43.3 Å². The highest BCUT2D eigenvalue weighted by molar-refractivity contribution is 6.01. The molecule has 37 heavy (non-hydrogen) atoms. The minimum absolute atomic E-state index is 0.116. The van der Waals surface area contributed by atoms with E-state index >= 15 is 0 Å². The molecule has 9 nitrogen and oxygen atoms in total. The van der Waals surface area contributed by atoms with Gasteiger partial charge in [0, 0.05) is 5.69 Å². The average molecular weight is 498 g/mol. The molecule has 1 atom stereocenters. The van der Waals surface area contributed by atoms with Crippen LogP contribution in [-0.4, -0.2) is 26.8 Å². The summed E-state index contributed by atoms with van der Waals surface area (Å²) in [6, 6.07) is 20.9. The number of rotatable bonds is 9. The summed E-state index contributed by atoms with van der Waals surface area (Å²) in [6.45, 7) is 4.25. The van der Waals surface area contributed by atoms with Crippen LogP contribution in [0.2, 0.25) is 0 Å². The van der Waals surface area contributed by atoms with Gasteiger partial charge in [-0.15, -0.1) is 5.10 Å². The molecule has 1 N–H and O–H groups in total. The van der Waals surface area contributed by atoms with Gasteiger partial charge in [0.1, 0.15) is 23.6 Å². The van der Waals surface area contributed by atoms with Crippen LogP contribution in [0.5, 0.6) is 0 Å². The Morgan fingerprint density at radius 1 is 0.946 bits per heavy atom. The molecule has 0 spiro atoms. The van der Waals surface area contributed by atoms with E-state index < -0.39 is 11.9 Å². The molecule has 9 heteroatoms. The van der Waals surface area contributed by atoms with Crippen LogP contribution in [0.1, 0.15) is 42.9 Å². The number of fused-ring (bicyclic) bond motifs is 1. The predicted octanol–water partition coefficient (Wildman–Crippen LogP) is 4.83. The smallest absolute Gasteiger partial charge is 0.251 e. The molecule has 0 unspecified atom stereocenters. The van der Waals surface area contributed by atoms with Crippen LogP contribution in [0.3, 0.4) is 0 Å². The summed E-state index contributed by atoms with van der Waals surface area (Å²) in [5.41, 5.74) is 3.09. The Hall–Kier alpha value is -4.66. The van der Waals surface area contributed by atoms with Crippen LogP contribution in [0.25, 0.3) is 11.0 Å². The summed E-state index contributed by atoms with van der Waals surface area (Å²) >= 11 is 0. The highest BCUT2D eigenvalue weighted by atomic mass is 16.3. The molecule has 5 aromatic rings. The first-order valence-electron chi connectivity index (χ1n) is 12.0. The molecule has 3 heterocycles. The van der Waals surface area contributed by atoms with Crippen LogP contribution in [0, 0.1) is 0 Å².